The molecule has 0 bridgehead atoms. The molecule has 4 heteroatoms. The maximum Gasteiger partial charge on any atom is 0.198 e. The molecule has 3 aromatic rings. The summed E-state index contributed by atoms with van der Waals surface area (Å²) in [6.45, 7) is 2.51. The van der Waals surface area contributed by atoms with Crippen LogP contribution in [-0.2, 0) is 6.54 Å². The number of hydrogen-bond donors (Lipinski definition) is 2. The molecule has 0 amide bonds. The summed E-state index contributed by atoms with van der Waals surface area (Å²) in [5.41, 5.74) is 3.71. The summed E-state index contributed by atoms with van der Waals surface area (Å²) < 4.78 is 0. The average Bonchev–Trinajstić information content (AvgIpc) is 2.77. The largest absolute Gasteiger partial charge is 0.494 e. The monoisotopic (exact) mass is 298 g/mol. The number of aliphatic imine (C=N–C) groups is 1. The third-order valence-corrected chi connectivity index (χ3v) is 3.78. The minimum Gasteiger partial charge on any atom is -0.494 e. The lowest BCUT2D eigenvalue weighted by molar-refractivity contribution is 0.457. The predicted molar refractivity (Wildman–Crippen MR) is 87.5 cm³/mol. The molecule has 0 saturated heterocycles. The topological polar surface area (TPSA) is 48.4 Å². The van der Waals surface area contributed by atoms with Crippen molar-refractivity contribution in [3.05, 3.63) is 64.2 Å². The number of nitrogens with one attached hydrogen (secondary N) is 1. The van der Waals surface area contributed by atoms with Crippen LogP contribution in [0.1, 0.15) is 16.7 Å². The van der Waals surface area contributed by atoms with E-state index in [1.54, 1.807) is 6.21 Å². The molecule has 0 aliphatic rings. The third kappa shape index (κ3) is 2.78. The van der Waals surface area contributed by atoms with Crippen LogP contribution in [0.3, 0.4) is 0 Å². The van der Waals surface area contributed by atoms with Crippen molar-refractivity contribution in [2.45, 2.75) is 13.5 Å². The van der Waals surface area contributed by atoms with Crippen molar-refractivity contribution in [3.63, 3.8) is 0 Å². The number of hydrogen-bond acceptors (Lipinski definition) is 2. The molecule has 106 valence electrons. The van der Waals surface area contributed by atoms with E-state index in [1.165, 1.54) is 0 Å². The van der Waals surface area contributed by atoms with E-state index in [0.29, 0.717) is 17.1 Å². The minimum absolute atomic E-state index is 0.138. The van der Waals surface area contributed by atoms with Crippen molar-refractivity contribution >= 4 is 28.7 Å². The van der Waals surface area contributed by atoms with E-state index in [9.17, 15) is 5.11 Å². The fraction of sp³-hybridized carbons (Fsp3) is 0.118. The zero-order valence-electron chi connectivity index (χ0n) is 11.6. The first kappa shape index (κ1) is 13.7. The van der Waals surface area contributed by atoms with Crippen molar-refractivity contribution in [2.24, 2.45) is 4.99 Å². The normalized spacial score (nSPS) is 11.5. The Labute approximate surface area is 127 Å². The molecule has 0 saturated carbocycles. The predicted octanol–water partition coefficient (Wildman–Crippen LogP) is 4.45. The van der Waals surface area contributed by atoms with E-state index >= 15 is 0 Å². The fourth-order valence-electron chi connectivity index (χ4n) is 2.30. The number of H-pyrrole nitrogens is 1. The van der Waals surface area contributed by atoms with Crippen molar-refractivity contribution in [2.75, 3.05) is 0 Å². The maximum atomic E-state index is 10.0. The van der Waals surface area contributed by atoms with Gasteiger partial charge < -0.3 is 10.1 Å². The van der Waals surface area contributed by atoms with Gasteiger partial charge >= 0.3 is 0 Å². The van der Waals surface area contributed by atoms with Gasteiger partial charge in [-0.15, -0.1) is 0 Å². The summed E-state index contributed by atoms with van der Waals surface area (Å²) in [5.74, 6) is 0.138. The van der Waals surface area contributed by atoms with E-state index in [-0.39, 0.29) is 5.88 Å². The van der Waals surface area contributed by atoms with Crippen LogP contribution in [0.2, 0.25) is 5.02 Å². The van der Waals surface area contributed by atoms with Gasteiger partial charge in [0.15, 0.2) is 5.88 Å². The highest BCUT2D eigenvalue weighted by molar-refractivity contribution is 6.31. The Bertz CT molecular complexity index is 821. The first-order chi connectivity index (χ1) is 10.1. The number of benzene rings is 2. The molecule has 1 heterocycles. The lowest BCUT2D eigenvalue weighted by Gasteiger charge is -1.99. The van der Waals surface area contributed by atoms with Crippen LogP contribution in [0.25, 0.3) is 10.9 Å². The number of nitrogens with zero attached hydrogens (tertiary/aromatic N) is 1. The number of aromatic hydroxyl groups is 1. The van der Waals surface area contributed by atoms with Crippen LogP contribution >= 0.6 is 11.6 Å². The molecule has 2 N–H and O–H groups in total. The molecule has 0 aliphatic carbocycles. The maximum absolute atomic E-state index is 10.0. The van der Waals surface area contributed by atoms with Gasteiger partial charge in [0.1, 0.15) is 0 Å². The molecule has 0 radical (unpaired) electrons. The highest BCUT2D eigenvalue weighted by Gasteiger charge is 2.08. The van der Waals surface area contributed by atoms with E-state index < -0.39 is 0 Å². The van der Waals surface area contributed by atoms with E-state index in [2.05, 4.69) is 9.98 Å². The number of aromatic amines is 1. The average molecular weight is 299 g/mol. The van der Waals surface area contributed by atoms with Gasteiger partial charge in [-0.3, -0.25) is 4.99 Å². The molecule has 3 rings (SSSR count). The number of halogens is 1. The van der Waals surface area contributed by atoms with Gasteiger partial charge in [-0.1, -0.05) is 41.4 Å². The van der Waals surface area contributed by atoms with Crippen molar-refractivity contribution in [1.82, 2.24) is 4.98 Å². The highest BCUT2D eigenvalue weighted by Crippen LogP contribution is 2.26. The van der Waals surface area contributed by atoms with E-state index in [4.69, 9.17) is 11.6 Å². The van der Waals surface area contributed by atoms with Crippen LogP contribution < -0.4 is 0 Å². The van der Waals surface area contributed by atoms with Crippen LogP contribution in [0.15, 0.2) is 47.5 Å². The summed E-state index contributed by atoms with van der Waals surface area (Å²) in [6, 6.07) is 13.6. The van der Waals surface area contributed by atoms with Gasteiger partial charge in [0.25, 0.3) is 0 Å². The Hall–Kier alpha value is -2.26. The highest BCUT2D eigenvalue weighted by atomic mass is 35.5. The van der Waals surface area contributed by atoms with E-state index in [1.807, 2.05) is 49.4 Å². The van der Waals surface area contributed by atoms with Gasteiger partial charge in [0.05, 0.1) is 12.1 Å². The Morgan fingerprint density at radius 3 is 2.86 bits per heavy atom. The SMILES string of the molecule is Cc1ccc2[nH]c(O)c(C=NCc3ccccc3Cl)c2c1. The summed E-state index contributed by atoms with van der Waals surface area (Å²) in [6.07, 6.45) is 1.69. The number of fused-ring (bicyclic) bond motifs is 1. The molecule has 2 aromatic carbocycles. The second-order valence-electron chi connectivity index (χ2n) is 5.00. The molecule has 0 atom stereocenters. The lowest BCUT2D eigenvalue weighted by Crippen LogP contribution is -1.85. The molecule has 0 fully saturated rings. The molecule has 1 aromatic heterocycles. The van der Waals surface area contributed by atoms with Crippen LogP contribution in [0, 0.1) is 6.92 Å². The quantitative estimate of drug-likeness (QED) is 0.689. The second kappa shape index (κ2) is 5.62. The van der Waals surface area contributed by atoms with Gasteiger partial charge in [0, 0.05) is 22.1 Å². The second-order valence-corrected chi connectivity index (χ2v) is 5.40. The molecular weight excluding hydrogens is 284 g/mol. The summed E-state index contributed by atoms with van der Waals surface area (Å²) in [4.78, 5) is 7.35. The van der Waals surface area contributed by atoms with Gasteiger partial charge in [0.2, 0.25) is 0 Å². The molecule has 0 aliphatic heterocycles. The minimum atomic E-state index is 0.138. The molecule has 0 unspecified atom stereocenters. The van der Waals surface area contributed by atoms with Gasteiger partial charge in [-0.05, 0) is 30.7 Å². The summed E-state index contributed by atoms with van der Waals surface area (Å²) in [7, 11) is 0. The fourth-order valence-corrected chi connectivity index (χ4v) is 2.50. The standard InChI is InChI=1S/C17H15ClN2O/c1-11-6-7-16-13(8-11)14(17(21)20-16)10-19-9-12-4-2-3-5-15(12)18/h2-8,10,20-21H,9H2,1H3. The number of aromatic nitrogens is 1. The summed E-state index contributed by atoms with van der Waals surface area (Å²) in [5, 5.41) is 11.7. The summed E-state index contributed by atoms with van der Waals surface area (Å²) >= 11 is 6.10. The Balaban J connectivity index is 1.91. The van der Waals surface area contributed by atoms with Crippen LogP contribution in [0.5, 0.6) is 5.88 Å². The van der Waals surface area contributed by atoms with Crippen molar-refractivity contribution < 1.29 is 5.11 Å². The Kier molecular flexibility index (Phi) is 3.67. The van der Waals surface area contributed by atoms with Gasteiger partial charge in [-0.2, -0.15) is 0 Å². The van der Waals surface area contributed by atoms with Gasteiger partial charge in [-0.25, -0.2) is 0 Å². The number of rotatable bonds is 3. The van der Waals surface area contributed by atoms with E-state index in [0.717, 1.165) is 22.0 Å². The zero-order valence-corrected chi connectivity index (χ0v) is 12.4. The molecule has 3 nitrogen and oxygen atoms in total. The van der Waals surface area contributed by atoms with Crippen molar-refractivity contribution in [3.8, 4) is 5.88 Å². The first-order valence-electron chi connectivity index (χ1n) is 6.69. The number of aryl methyl sites for hydroxylation is 1. The van der Waals surface area contributed by atoms with Crippen LogP contribution in [0.4, 0.5) is 0 Å². The third-order valence-electron chi connectivity index (χ3n) is 3.41. The lowest BCUT2D eigenvalue weighted by atomic mass is 10.1. The molecular formula is C17H15ClN2O. The van der Waals surface area contributed by atoms with Crippen LogP contribution in [-0.4, -0.2) is 16.3 Å². The zero-order chi connectivity index (χ0) is 14.8. The molecule has 0 spiro atoms. The van der Waals surface area contributed by atoms with Crippen molar-refractivity contribution in [1.29, 1.82) is 0 Å². The molecule has 21 heavy (non-hydrogen) atoms. The Morgan fingerprint density at radius 1 is 1.24 bits per heavy atom. The first-order valence-corrected chi connectivity index (χ1v) is 7.07. The smallest absolute Gasteiger partial charge is 0.198 e. The Morgan fingerprint density at radius 2 is 2.05 bits per heavy atom.